The van der Waals surface area contributed by atoms with E-state index in [-0.39, 0.29) is 0 Å². The molecule has 0 spiro atoms. The van der Waals surface area contributed by atoms with Gasteiger partial charge >= 0.3 is 0 Å². The van der Waals surface area contributed by atoms with E-state index in [0.29, 0.717) is 5.54 Å². The third-order valence-electron chi connectivity index (χ3n) is 4.43. The van der Waals surface area contributed by atoms with Gasteiger partial charge in [0.25, 0.3) is 0 Å². The molecular weight excluding hydrogens is 272 g/mol. The van der Waals surface area contributed by atoms with Crippen LogP contribution < -0.4 is 0 Å². The van der Waals surface area contributed by atoms with Gasteiger partial charge in [-0.3, -0.25) is 0 Å². The molecule has 0 N–H and O–H groups in total. The first kappa shape index (κ1) is 14.3. The number of hydrogen-bond donors (Lipinski definition) is 0. The molecule has 0 aromatic heterocycles. The third kappa shape index (κ3) is 2.87. The molecular formula is C19H22OSi. The summed E-state index contributed by atoms with van der Waals surface area (Å²) in [5, 5.41) is 0. The zero-order valence-electron chi connectivity index (χ0n) is 12.4. The van der Waals surface area contributed by atoms with E-state index in [9.17, 15) is 0 Å². The van der Waals surface area contributed by atoms with Gasteiger partial charge in [0.2, 0.25) is 8.32 Å². The number of rotatable bonds is 4. The van der Waals surface area contributed by atoms with Crippen molar-refractivity contribution in [1.29, 1.82) is 0 Å². The van der Waals surface area contributed by atoms with Crippen LogP contribution in [-0.4, -0.2) is 14.9 Å². The van der Waals surface area contributed by atoms with Crippen LogP contribution in [0.4, 0.5) is 0 Å². The van der Waals surface area contributed by atoms with Crippen molar-refractivity contribution in [2.45, 2.75) is 24.4 Å². The second-order valence-corrected chi connectivity index (χ2v) is 9.40. The van der Waals surface area contributed by atoms with Gasteiger partial charge in [-0.25, -0.2) is 0 Å². The molecule has 1 fully saturated rings. The molecule has 1 aliphatic heterocycles. The zero-order chi connectivity index (χ0) is 14.5. The second kappa shape index (κ2) is 6.42. The summed E-state index contributed by atoms with van der Waals surface area (Å²) >= 11 is 0. The van der Waals surface area contributed by atoms with Crippen molar-refractivity contribution < 1.29 is 4.43 Å². The molecule has 0 amide bonds. The molecule has 1 aliphatic rings. The van der Waals surface area contributed by atoms with Crippen LogP contribution >= 0.6 is 0 Å². The highest BCUT2D eigenvalue weighted by molar-refractivity contribution is 6.80. The molecule has 21 heavy (non-hydrogen) atoms. The molecule has 108 valence electrons. The zero-order valence-corrected chi connectivity index (χ0v) is 13.4. The third-order valence-corrected chi connectivity index (χ3v) is 8.64. The van der Waals surface area contributed by atoms with Crippen molar-refractivity contribution in [2.24, 2.45) is 0 Å². The predicted octanol–water partition coefficient (Wildman–Crippen LogP) is 4.84. The first-order chi connectivity index (χ1) is 10.4. The summed E-state index contributed by atoms with van der Waals surface area (Å²) < 4.78 is 6.41. The lowest BCUT2D eigenvalue weighted by atomic mass is 10.0. The van der Waals surface area contributed by atoms with Gasteiger partial charge in [-0.15, -0.1) is 6.58 Å². The molecule has 1 atom stereocenters. The molecule has 2 heteroatoms. The topological polar surface area (TPSA) is 9.23 Å². The number of hydrogen-bond acceptors (Lipinski definition) is 1. The van der Waals surface area contributed by atoms with Crippen LogP contribution in [-0.2, 0) is 4.43 Å². The van der Waals surface area contributed by atoms with Gasteiger partial charge in [-0.1, -0.05) is 72.8 Å². The molecule has 1 nitrogen and oxygen atoms in total. The minimum Gasteiger partial charge on any atom is -0.412 e. The van der Waals surface area contributed by atoms with E-state index in [0.717, 1.165) is 6.61 Å². The predicted molar refractivity (Wildman–Crippen MR) is 90.7 cm³/mol. The van der Waals surface area contributed by atoms with E-state index in [4.69, 9.17) is 4.43 Å². The summed E-state index contributed by atoms with van der Waals surface area (Å²) in [6, 6.07) is 22.7. The summed E-state index contributed by atoms with van der Waals surface area (Å²) in [5.41, 5.74) is 5.23. The molecule has 3 rings (SSSR count). The van der Waals surface area contributed by atoms with Crippen molar-refractivity contribution in [2.75, 3.05) is 6.61 Å². The van der Waals surface area contributed by atoms with Crippen LogP contribution in [0.5, 0.6) is 0 Å². The maximum atomic E-state index is 6.41. The Bertz CT molecular complexity index is 534. The Labute approximate surface area is 128 Å². The lowest BCUT2D eigenvalue weighted by Gasteiger charge is -2.39. The summed E-state index contributed by atoms with van der Waals surface area (Å²) in [5.74, 6) is 0. The van der Waals surface area contributed by atoms with Crippen molar-refractivity contribution in [3.8, 4) is 0 Å². The fourth-order valence-corrected chi connectivity index (χ4v) is 7.39. The maximum Gasteiger partial charge on any atom is 0.228 e. The van der Waals surface area contributed by atoms with Gasteiger partial charge in [0, 0.05) is 12.1 Å². The highest BCUT2D eigenvalue weighted by atomic mass is 28.4. The summed E-state index contributed by atoms with van der Waals surface area (Å²) in [6.45, 7) is 5.05. The summed E-state index contributed by atoms with van der Waals surface area (Å²) in [6.07, 6.45) is 2.44. The first-order valence-corrected chi connectivity index (χ1v) is 10.0. The largest absolute Gasteiger partial charge is 0.412 e. The van der Waals surface area contributed by atoms with Crippen molar-refractivity contribution in [3.63, 3.8) is 0 Å². The van der Waals surface area contributed by atoms with Crippen LogP contribution in [0.2, 0.25) is 6.04 Å². The normalized spacial score (nSPS) is 22.1. The Hall–Kier alpha value is -1.64. The minimum atomic E-state index is -2.00. The summed E-state index contributed by atoms with van der Waals surface area (Å²) in [7, 11) is -2.00. The average molecular weight is 294 g/mol. The van der Waals surface area contributed by atoms with Crippen LogP contribution in [0.15, 0.2) is 72.9 Å². The molecule has 2 aromatic carbocycles. The lowest BCUT2D eigenvalue weighted by molar-refractivity contribution is 0.269. The van der Waals surface area contributed by atoms with Gasteiger partial charge in [0.1, 0.15) is 0 Å². The van der Waals surface area contributed by atoms with E-state index >= 15 is 0 Å². The Kier molecular flexibility index (Phi) is 4.37. The van der Waals surface area contributed by atoms with E-state index in [2.05, 4.69) is 72.9 Å². The minimum absolute atomic E-state index is 0.345. The monoisotopic (exact) mass is 294 g/mol. The highest BCUT2D eigenvalue weighted by Crippen LogP contribution is 2.40. The maximum absolute atomic E-state index is 6.41. The fraction of sp³-hybridized carbons (Fsp3) is 0.263. The van der Waals surface area contributed by atoms with Gasteiger partial charge in [-0.05, 0) is 23.6 Å². The molecule has 0 saturated carbocycles. The molecule has 1 heterocycles. The Balaban J connectivity index is 2.09. The molecule has 1 unspecified atom stereocenters. The van der Waals surface area contributed by atoms with Gasteiger partial charge < -0.3 is 4.43 Å². The Morgan fingerprint density at radius 3 is 1.90 bits per heavy atom. The Morgan fingerprint density at radius 2 is 1.48 bits per heavy atom. The van der Waals surface area contributed by atoms with Crippen LogP contribution in [0.1, 0.15) is 29.5 Å². The quantitative estimate of drug-likeness (QED) is 0.733. The van der Waals surface area contributed by atoms with Gasteiger partial charge in [-0.2, -0.15) is 0 Å². The molecule has 0 radical (unpaired) electrons. The summed E-state index contributed by atoms with van der Waals surface area (Å²) in [4.78, 5) is 0. The lowest BCUT2D eigenvalue weighted by Crippen LogP contribution is -2.46. The molecule has 0 aliphatic carbocycles. The van der Waals surface area contributed by atoms with E-state index in [1.807, 2.05) is 0 Å². The van der Waals surface area contributed by atoms with Crippen LogP contribution in [0.25, 0.3) is 0 Å². The average Bonchev–Trinajstić information content (AvgIpc) is 2.58. The standard InChI is InChI=1S/C19H22OSi/c1-2-21(16-10-9-15-20-21)19(17-11-5-3-6-12-17)18-13-7-4-8-14-18/h2-8,11-14,19H,1,9-10,15-16H2. The van der Waals surface area contributed by atoms with Crippen molar-refractivity contribution in [3.05, 3.63) is 84.1 Å². The molecule has 0 bridgehead atoms. The molecule has 1 saturated heterocycles. The Morgan fingerprint density at radius 1 is 0.905 bits per heavy atom. The smallest absolute Gasteiger partial charge is 0.228 e. The van der Waals surface area contributed by atoms with Crippen LogP contribution in [0, 0.1) is 0 Å². The van der Waals surface area contributed by atoms with E-state index in [1.54, 1.807) is 0 Å². The van der Waals surface area contributed by atoms with Gasteiger partial charge in [0.05, 0.1) is 0 Å². The number of benzene rings is 2. The highest BCUT2D eigenvalue weighted by Gasteiger charge is 2.43. The molecule has 2 aromatic rings. The fourth-order valence-electron chi connectivity index (χ4n) is 3.39. The van der Waals surface area contributed by atoms with Crippen LogP contribution in [0.3, 0.4) is 0 Å². The van der Waals surface area contributed by atoms with Crippen molar-refractivity contribution in [1.82, 2.24) is 0 Å². The second-order valence-electron chi connectivity index (χ2n) is 5.72. The van der Waals surface area contributed by atoms with E-state index < -0.39 is 8.32 Å². The SMILES string of the molecule is C=C[Si]1(C(c2ccccc2)c2ccccc2)CCCCO1. The van der Waals surface area contributed by atoms with Gasteiger partial charge in [0.15, 0.2) is 0 Å². The first-order valence-electron chi connectivity index (χ1n) is 7.73. The van der Waals surface area contributed by atoms with Crippen molar-refractivity contribution >= 4 is 8.32 Å². The van der Waals surface area contributed by atoms with E-state index in [1.165, 1.54) is 30.0 Å².